The van der Waals surface area contributed by atoms with E-state index in [1.54, 1.807) is 19.1 Å². The molecule has 1 aliphatic rings. The third-order valence-corrected chi connectivity index (χ3v) is 6.73. The molecule has 6 nitrogen and oxygen atoms in total. The molecule has 0 spiro atoms. The zero-order valence-electron chi connectivity index (χ0n) is 16.3. The van der Waals surface area contributed by atoms with Gasteiger partial charge in [-0.25, -0.2) is 12.8 Å². The Labute approximate surface area is 170 Å². The van der Waals surface area contributed by atoms with Crippen LogP contribution in [0.15, 0.2) is 53.4 Å². The average molecular weight is 421 g/mol. The molecule has 1 N–H and O–H groups in total. The molecule has 0 aliphatic carbocycles. The number of nitrogens with one attached hydrogen (secondary N) is 1. The molecule has 2 aromatic rings. The molecule has 1 unspecified atom stereocenters. The molecule has 1 fully saturated rings. The van der Waals surface area contributed by atoms with Crippen LogP contribution >= 0.6 is 0 Å². The van der Waals surface area contributed by atoms with Crippen LogP contribution in [-0.2, 0) is 14.8 Å². The second-order valence-corrected chi connectivity index (χ2v) is 8.98. The van der Waals surface area contributed by atoms with Gasteiger partial charge in [-0.1, -0.05) is 12.8 Å². The molecule has 29 heavy (non-hydrogen) atoms. The van der Waals surface area contributed by atoms with Gasteiger partial charge in [-0.2, -0.15) is 4.31 Å². The van der Waals surface area contributed by atoms with Crippen molar-refractivity contribution in [3.8, 4) is 5.75 Å². The molecule has 2 aromatic carbocycles. The minimum atomic E-state index is -3.53. The number of amides is 1. The number of rotatable bonds is 6. The maximum atomic E-state index is 12.9. The lowest BCUT2D eigenvalue weighted by Gasteiger charge is -2.20. The lowest BCUT2D eigenvalue weighted by atomic mass is 10.2. The van der Waals surface area contributed by atoms with Crippen LogP contribution in [0.3, 0.4) is 0 Å². The van der Waals surface area contributed by atoms with E-state index in [2.05, 4.69) is 5.32 Å². The molecule has 0 bridgehead atoms. The highest BCUT2D eigenvalue weighted by Gasteiger charge is 2.25. The monoisotopic (exact) mass is 420 g/mol. The molecule has 3 rings (SSSR count). The molecule has 1 atom stereocenters. The first-order chi connectivity index (χ1) is 13.9. The lowest BCUT2D eigenvalue weighted by molar-refractivity contribution is -0.122. The molecular formula is C21H25FN2O4S. The van der Waals surface area contributed by atoms with Gasteiger partial charge < -0.3 is 10.1 Å². The molecular weight excluding hydrogens is 395 g/mol. The summed E-state index contributed by atoms with van der Waals surface area (Å²) < 4.78 is 45.6. The van der Waals surface area contributed by atoms with Crippen molar-refractivity contribution in [2.75, 3.05) is 18.4 Å². The fraction of sp³-hybridized carbons (Fsp3) is 0.381. The summed E-state index contributed by atoms with van der Waals surface area (Å²) in [5, 5.41) is 2.70. The standard InChI is InChI=1S/C21H25FN2O4S/c1-16(28-19-10-6-17(22)7-11-19)21(25)23-18-8-12-20(13-9-18)29(26,27)24-14-4-2-3-5-15-24/h6-13,16H,2-5,14-15H2,1H3,(H,23,25). The highest BCUT2D eigenvalue weighted by Crippen LogP contribution is 2.22. The largest absolute Gasteiger partial charge is 0.481 e. The van der Waals surface area contributed by atoms with E-state index in [0.29, 0.717) is 24.5 Å². The van der Waals surface area contributed by atoms with Gasteiger partial charge in [0.05, 0.1) is 4.90 Å². The van der Waals surface area contributed by atoms with Gasteiger partial charge in [-0.3, -0.25) is 4.79 Å². The Morgan fingerprint density at radius 1 is 1.00 bits per heavy atom. The summed E-state index contributed by atoms with van der Waals surface area (Å²) in [6, 6.07) is 11.5. The summed E-state index contributed by atoms with van der Waals surface area (Å²) >= 11 is 0. The predicted octanol–water partition coefficient (Wildman–Crippen LogP) is 3.80. The molecule has 1 heterocycles. The van der Waals surface area contributed by atoms with Crippen LogP contribution in [0.1, 0.15) is 32.6 Å². The van der Waals surface area contributed by atoms with Gasteiger partial charge in [0.25, 0.3) is 5.91 Å². The molecule has 156 valence electrons. The van der Waals surface area contributed by atoms with Crippen LogP contribution in [0.5, 0.6) is 5.75 Å². The van der Waals surface area contributed by atoms with Gasteiger partial charge in [0.2, 0.25) is 10.0 Å². The van der Waals surface area contributed by atoms with Crippen LogP contribution in [0, 0.1) is 5.82 Å². The minimum absolute atomic E-state index is 0.216. The molecule has 1 aliphatic heterocycles. The molecule has 0 radical (unpaired) electrons. The number of carbonyl (C=O) groups is 1. The fourth-order valence-electron chi connectivity index (χ4n) is 3.16. The van der Waals surface area contributed by atoms with E-state index in [0.717, 1.165) is 25.7 Å². The Balaban J connectivity index is 1.62. The van der Waals surface area contributed by atoms with E-state index < -0.39 is 22.0 Å². The zero-order chi connectivity index (χ0) is 20.9. The van der Waals surface area contributed by atoms with Crippen molar-refractivity contribution in [2.24, 2.45) is 0 Å². The zero-order valence-corrected chi connectivity index (χ0v) is 17.1. The van der Waals surface area contributed by atoms with Gasteiger partial charge in [-0.05, 0) is 68.3 Å². The van der Waals surface area contributed by atoms with Crippen molar-refractivity contribution < 1.29 is 22.3 Å². The van der Waals surface area contributed by atoms with Gasteiger partial charge in [-0.15, -0.1) is 0 Å². The van der Waals surface area contributed by atoms with Crippen LogP contribution in [0.25, 0.3) is 0 Å². The Morgan fingerprint density at radius 3 is 2.17 bits per heavy atom. The summed E-state index contributed by atoms with van der Waals surface area (Å²) in [6.07, 6.45) is 3.05. The van der Waals surface area contributed by atoms with Crippen molar-refractivity contribution in [1.29, 1.82) is 0 Å². The second kappa shape index (κ2) is 9.37. The van der Waals surface area contributed by atoms with Crippen molar-refractivity contribution in [1.82, 2.24) is 4.31 Å². The smallest absolute Gasteiger partial charge is 0.265 e. The Hall–Kier alpha value is -2.45. The number of nitrogens with zero attached hydrogens (tertiary/aromatic N) is 1. The number of hydrogen-bond acceptors (Lipinski definition) is 4. The van der Waals surface area contributed by atoms with Crippen LogP contribution < -0.4 is 10.1 Å². The molecule has 0 saturated carbocycles. The van der Waals surface area contributed by atoms with Gasteiger partial charge >= 0.3 is 0 Å². The molecule has 0 aromatic heterocycles. The average Bonchev–Trinajstić information content (AvgIpc) is 3.00. The molecule has 8 heteroatoms. The van der Waals surface area contributed by atoms with E-state index in [1.807, 2.05) is 0 Å². The first-order valence-corrected chi connectivity index (χ1v) is 11.1. The van der Waals surface area contributed by atoms with Crippen molar-refractivity contribution in [3.05, 3.63) is 54.3 Å². The van der Waals surface area contributed by atoms with Crippen molar-refractivity contribution in [2.45, 2.75) is 43.6 Å². The number of hydrogen-bond donors (Lipinski definition) is 1. The molecule has 1 amide bonds. The highest BCUT2D eigenvalue weighted by atomic mass is 32.2. The normalized spacial score (nSPS) is 16.6. The summed E-state index contributed by atoms with van der Waals surface area (Å²) in [5.41, 5.74) is 0.472. The number of benzene rings is 2. The Bertz CT molecular complexity index is 922. The van der Waals surface area contributed by atoms with E-state index in [4.69, 9.17) is 4.74 Å². The summed E-state index contributed by atoms with van der Waals surface area (Å²) in [4.78, 5) is 12.5. The summed E-state index contributed by atoms with van der Waals surface area (Å²) in [5.74, 6) is -0.393. The first-order valence-electron chi connectivity index (χ1n) is 9.69. The van der Waals surface area contributed by atoms with E-state index >= 15 is 0 Å². The number of carbonyl (C=O) groups excluding carboxylic acids is 1. The number of halogens is 1. The number of anilines is 1. The van der Waals surface area contributed by atoms with Gasteiger partial charge in [0.1, 0.15) is 11.6 Å². The topological polar surface area (TPSA) is 75.7 Å². The maximum absolute atomic E-state index is 12.9. The van der Waals surface area contributed by atoms with Gasteiger partial charge in [0, 0.05) is 18.8 Å². The fourth-order valence-corrected chi connectivity index (χ4v) is 4.67. The third kappa shape index (κ3) is 5.55. The van der Waals surface area contributed by atoms with Gasteiger partial charge in [0.15, 0.2) is 6.10 Å². The molecule has 1 saturated heterocycles. The maximum Gasteiger partial charge on any atom is 0.265 e. The minimum Gasteiger partial charge on any atom is -0.481 e. The van der Waals surface area contributed by atoms with E-state index in [-0.39, 0.29) is 10.7 Å². The van der Waals surface area contributed by atoms with Crippen LogP contribution in [-0.4, -0.2) is 37.8 Å². The quantitative estimate of drug-likeness (QED) is 0.771. The third-order valence-electron chi connectivity index (χ3n) is 4.82. The Kier molecular flexibility index (Phi) is 6.87. The summed E-state index contributed by atoms with van der Waals surface area (Å²) in [6.45, 7) is 2.66. The SMILES string of the molecule is CC(Oc1ccc(F)cc1)C(=O)Nc1ccc(S(=O)(=O)N2CCCCCC2)cc1. The van der Waals surface area contributed by atoms with E-state index in [1.165, 1.54) is 40.7 Å². The lowest BCUT2D eigenvalue weighted by Crippen LogP contribution is -2.32. The summed E-state index contributed by atoms with van der Waals surface area (Å²) in [7, 11) is -3.53. The Morgan fingerprint density at radius 2 is 1.59 bits per heavy atom. The van der Waals surface area contributed by atoms with Crippen LogP contribution in [0.2, 0.25) is 0 Å². The highest BCUT2D eigenvalue weighted by molar-refractivity contribution is 7.89. The number of sulfonamides is 1. The van der Waals surface area contributed by atoms with Crippen LogP contribution in [0.4, 0.5) is 10.1 Å². The second-order valence-electron chi connectivity index (χ2n) is 7.05. The van der Waals surface area contributed by atoms with Crippen molar-refractivity contribution in [3.63, 3.8) is 0 Å². The van der Waals surface area contributed by atoms with E-state index in [9.17, 15) is 17.6 Å². The van der Waals surface area contributed by atoms with Crippen molar-refractivity contribution >= 4 is 21.6 Å². The number of ether oxygens (including phenoxy) is 1. The first kappa shape index (κ1) is 21.3. The predicted molar refractivity (Wildman–Crippen MR) is 109 cm³/mol.